The van der Waals surface area contributed by atoms with Crippen LogP contribution in [-0.2, 0) is 6.11 Å². The summed E-state index contributed by atoms with van der Waals surface area (Å²) in [6, 6.07) is 7.62. The molecule has 4 aromatic carbocycles. The molecule has 0 aromatic heterocycles. The third-order valence-corrected chi connectivity index (χ3v) is 8.24. The van der Waals surface area contributed by atoms with Crippen molar-refractivity contribution >= 4 is 0 Å². The number of hydrogen-bond acceptors (Lipinski definition) is 2. The maximum absolute atomic E-state index is 15.1. The summed E-state index contributed by atoms with van der Waals surface area (Å²) in [5.41, 5.74) is -2.87. The molecule has 0 unspecified atom stereocenters. The molecule has 5 rings (SSSR count). The van der Waals surface area contributed by atoms with Gasteiger partial charge in [-0.25, -0.2) is 26.3 Å². The molecule has 0 heterocycles. The minimum Gasteiger partial charge on any atom is -0.429 e. The van der Waals surface area contributed by atoms with Crippen LogP contribution < -0.4 is 9.47 Å². The first-order chi connectivity index (χ1) is 23.1. The highest BCUT2D eigenvalue weighted by atomic mass is 19.4. The van der Waals surface area contributed by atoms with Crippen LogP contribution in [-0.4, -0.2) is 6.36 Å². The Morgan fingerprint density at radius 3 is 1.73 bits per heavy atom. The van der Waals surface area contributed by atoms with E-state index in [1.807, 2.05) is 6.92 Å². The van der Waals surface area contributed by atoms with Gasteiger partial charge in [-0.1, -0.05) is 31.2 Å². The van der Waals surface area contributed by atoms with Gasteiger partial charge in [0, 0.05) is 17.2 Å². The molecule has 0 radical (unpaired) electrons. The van der Waals surface area contributed by atoms with Gasteiger partial charge in [0.1, 0.15) is 34.6 Å². The predicted molar refractivity (Wildman–Crippen MR) is 159 cm³/mol. The van der Waals surface area contributed by atoms with Crippen LogP contribution in [0.25, 0.3) is 22.3 Å². The molecule has 260 valence electrons. The van der Waals surface area contributed by atoms with Crippen LogP contribution in [0.15, 0.2) is 72.8 Å². The van der Waals surface area contributed by atoms with Gasteiger partial charge in [-0.2, -0.15) is 8.78 Å². The van der Waals surface area contributed by atoms with Crippen LogP contribution in [0, 0.1) is 40.8 Å². The van der Waals surface area contributed by atoms with Crippen molar-refractivity contribution in [1.82, 2.24) is 0 Å². The smallest absolute Gasteiger partial charge is 0.429 e. The van der Waals surface area contributed by atoms with Crippen LogP contribution in [0.1, 0.15) is 56.1 Å². The minimum atomic E-state index is -5.39. The van der Waals surface area contributed by atoms with Gasteiger partial charge in [0.25, 0.3) is 0 Å². The Hall–Kier alpha value is -4.55. The number of benzene rings is 4. The lowest BCUT2D eigenvalue weighted by Crippen LogP contribution is -2.25. The molecule has 0 N–H and O–H groups in total. The summed E-state index contributed by atoms with van der Waals surface area (Å²) in [6.07, 6.45) is -2.03. The number of halogens is 11. The summed E-state index contributed by atoms with van der Waals surface area (Å²) in [6.45, 7) is 2.01. The van der Waals surface area contributed by atoms with Crippen molar-refractivity contribution in [3.8, 4) is 33.8 Å². The summed E-state index contributed by atoms with van der Waals surface area (Å²) < 4.78 is 164. The monoisotopic (exact) mass is 700 g/mol. The second kappa shape index (κ2) is 14.1. The zero-order valence-electron chi connectivity index (χ0n) is 25.6. The SMILES string of the molecule is CCC=CC1CCC(c2cc(F)c(C(F)(F)Oc3ccc(-c4ccc(-c5cc(F)c(OC(F)(F)F)c(F)c5)c(F)c4)c(F)c3)c(F)c2)CC1. The Balaban J connectivity index is 1.32. The molecule has 1 aliphatic carbocycles. The van der Waals surface area contributed by atoms with Crippen LogP contribution in [0.5, 0.6) is 11.5 Å². The van der Waals surface area contributed by atoms with E-state index < -0.39 is 75.6 Å². The van der Waals surface area contributed by atoms with Crippen molar-refractivity contribution < 1.29 is 57.8 Å². The lowest BCUT2D eigenvalue weighted by atomic mass is 9.78. The molecule has 0 atom stereocenters. The van der Waals surface area contributed by atoms with Gasteiger partial charge in [0.2, 0.25) is 5.75 Å². The number of rotatable bonds is 9. The largest absolute Gasteiger partial charge is 0.573 e. The van der Waals surface area contributed by atoms with Crippen molar-refractivity contribution in [3.63, 3.8) is 0 Å². The first-order valence-electron chi connectivity index (χ1n) is 15.1. The Morgan fingerprint density at radius 2 is 1.18 bits per heavy atom. The van der Waals surface area contributed by atoms with Gasteiger partial charge >= 0.3 is 12.5 Å². The molecule has 1 aliphatic rings. The molecule has 4 aromatic rings. The molecular weight excluding hydrogens is 673 g/mol. The second-order valence-electron chi connectivity index (χ2n) is 11.6. The fraction of sp³-hybridized carbons (Fsp3) is 0.278. The molecule has 0 saturated heterocycles. The number of alkyl halides is 5. The van der Waals surface area contributed by atoms with E-state index in [2.05, 4.69) is 21.6 Å². The lowest BCUT2D eigenvalue weighted by Gasteiger charge is -2.28. The van der Waals surface area contributed by atoms with Gasteiger partial charge in [0.05, 0.1) is 0 Å². The second-order valence-corrected chi connectivity index (χ2v) is 11.6. The van der Waals surface area contributed by atoms with Crippen LogP contribution >= 0.6 is 0 Å². The molecule has 0 bridgehead atoms. The van der Waals surface area contributed by atoms with E-state index in [-0.39, 0.29) is 22.6 Å². The maximum Gasteiger partial charge on any atom is 0.573 e. The molecule has 0 aliphatic heterocycles. The summed E-state index contributed by atoms with van der Waals surface area (Å²) in [5, 5.41) is 0. The lowest BCUT2D eigenvalue weighted by molar-refractivity contribution is -0.276. The topological polar surface area (TPSA) is 18.5 Å². The fourth-order valence-electron chi connectivity index (χ4n) is 5.92. The Kier molecular flexibility index (Phi) is 10.3. The number of hydrogen-bond donors (Lipinski definition) is 0. The summed E-state index contributed by atoms with van der Waals surface area (Å²) in [7, 11) is 0. The molecule has 49 heavy (non-hydrogen) atoms. The van der Waals surface area contributed by atoms with Gasteiger partial charge in [-0.15, -0.1) is 13.2 Å². The third kappa shape index (κ3) is 8.19. The maximum atomic E-state index is 15.1. The van der Waals surface area contributed by atoms with Gasteiger partial charge in [0.15, 0.2) is 11.6 Å². The van der Waals surface area contributed by atoms with Crippen molar-refractivity contribution in [2.45, 2.75) is 57.4 Å². The first kappa shape index (κ1) is 35.7. The normalized spacial score (nSPS) is 17.1. The van der Waals surface area contributed by atoms with Gasteiger partial charge in [-0.3, -0.25) is 0 Å². The zero-order valence-corrected chi connectivity index (χ0v) is 25.6. The van der Waals surface area contributed by atoms with Crippen LogP contribution in [0.3, 0.4) is 0 Å². The van der Waals surface area contributed by atoms with Crippen LogP contribution in [0.2, 0.25) is 0 Å². The predicted octanol–water partition coefficient (Wildman–Crippen LogP) is 12.1. The first-order valence-corrected chi connectivity index (χ1v) is 15.1. The van der Waals surface area contributed by atoms with Crippen LogP contribution in [0.4, 0.5) is 48.3 Å². The van der Waals surface area contributed by atoms with Crippen molar-refractivity contribution in [2.24, 2.45) is 5.92 Å². The molecule has 0 amide bonds. The average molecular weight is 701 g/mol. The van der Waals surface area contributed by atoms with Crippen molar-refractivity contribution in [2.75, 3.05) is 0 Å². The summed E-state index contributed by atoms with van der Waals surface area (Å²) >= 11 is 0. The van der Waals surface area contributed by atoms with Crippen molar-refractivity contribution in [3.05, 3.63) is 119 Å². The zero-order chi connectivity index (χ0) is 35.7. The number of allylic oxidation sites excluding steroid dienone is 2. The van der Waals surface area contributed by atoms with E-state index in [1.54, 1.807) is 0 Å². The highest BCUT2D eigenvalue weighted by Crippen LogP contribution is 2.41. The van der Waals surface area contributed by atoms with E-state index in [1.165, 1.54) is 0 Å². The highest BCUT2D eigenvalue weighted by molar-refractivity contribution is 5.72. The molecule has 1 saturated carbocycles. The van der Waals surface area contributed by atoms with Crippen molar-refractivity contribution in [1.29, 1.82) is 0 Å². The third-order valence-electron chi connectivity index (χ3n) is 8.24. The van der Waals surface area contributed by atoms with E-state index in [9.17, 15) is 35.1 Å². The number of ether oxygens (including phenoxy) is 2. The van der Waals surface area contributed by atoms with E-state index in [0.717, 1.165) is 61.7 Å². The minimum absolute atomic E-state index is 0.168. The summed E-state index contributed by atoms with van der Waals surface area (Å²) in [5.74, 6) is -11.3. The molecule has 0 spiro atoms. The Bertz CT molecular complexity index is 1810. The Labute approximate surface area is 273 Å². The molecule has 13 heteroatoms. The molecular formula is C36H27F11O2. The highest BCUT2D eigenvalue weighted by Gasteiger charge is 2.42. The van der Waals surface area contributed by atoms with E-state index >= 15 is 13.2 Å². The molecule has 2 nitrogen and oxygen atoms in total. The molecule has 1 fully saturated rings. The van der Waals surface area contributed by atoms with E-state index in [4.69, 9.17) is 0 Å². The quantitative estimate of drug-likeness (QED) is 0.128. The average Bonchev–Trinajstić information content (AvgIpc) is 3.01. The summed E-state index contributed by atoms with van der Waals surface area (Å²) in [4.78, 5) is 0. The standard InChI is InChI=1S/C36H27F11O2/c1-2-3-4-19-5-7-20(8-6-19)22-14-29(39)33(30(40)15-22)35(43,44)48-24-10-12-25(28(38)18-24)21-9-11-26(27(37)13-21)23-16-31(41)34(32(42)17-23)49-36(45,46)47/h3-4,9-20H,2,5-8H2,1H3. The Morgan fingerprint density at radius 1 is 0.633 bits per heavy atom. The van der Waals surface area contributed by atoms with Gasteiger partial charge < -0.3 is 9.47 Å². The van der Waals surface area contributed by atoms with E-state index in [0.29, 0.717) is 37.0 Å². The fourth-order valence-corrected chi connectivity index (χ4v) is 5.92. The van der Waals surface area contributed by atoms with Gasteiger partial charge in [-0.05, 0) is 103 Å².